The second kappa shape index (κ2) is 9.13. The number of carbonyl (C=O) groups is 3. The van der Waals surface area contributed by atoms with Gasteiger partial charge < -0.3 is 15.0 Å². The predicted octanol–water partition coefficient (Wildman–Crippen LogP) is 2.63. The number of hydrogen-bond donors (Lipinski definition) is 2. The van der Waals surface area contributed by atoms with E-state index in [0.29, 0.717) is 28.0 Å². The van der Waals surface area contributed by atoms with E-state index in [4.69, 9.17) is 4.74 Å². The van der Waals surface area contributed by atoms with Crippen LogP contribution in [0, 0.1) is 0 Å². The molecule has 0 radical (unpaired) electrons. The minimum atomic E-state index is -1.03. The van der Waals surface area contributed by atoms with Crippen LogP contribution in [0.2, 0.25) is 0 Å². The Labute approximate surface area is 172 Å². The normalized spacial score (nSPS) is 11.7. The highest BCUT2D eigenvalue weighted by atomic mass is 16.5. The summed E-state index contributed by atoms with van der Waals surface area (Å²) in [5.74, 6) is -0.855. The minimum absolute atomic E-state index is 0.0429. The first kappa shape index (κ1) is 20.9. The number of benzene rings is 2. The van der Waals surface area contributed by atoms with Crippen LogP contribution in [0.4, 0.5) is 5.69 Å². The van der Waals surface area contributed by atoms with Gasteiger partial charge in [-0.25, -0.2) is 4.98 Å². The number of aromatic nitrogens is 2. The zero-order valence-corrected chi connectivity index (χ0v) is 16.6. The number of aryl methyl sites for hydroxylation is 1. The molecule has 3 rings (SSSR count). The van der Waals surface area contributed by atoms with E-state index < -0.39 is 18.0 Å². The smallest absolute Gasteiger partial charge is 0.307 e. The molecule has 8 nitrogen and oxygen atoms in total. The Morgan fingerprint density at radius 3 is 2.67 bits per heavy atom. The number of esters is 1. The highest BCUT2D eigenvalue weighted by Crippen LogP contribution is 2.12. The van der Waals surface area contributed by atoms with E-state index in [-0.39, 0.29) is 24.2 Å². The van der Waals surface area contributed by atoms with Gasteiger partial charge in [-0.3, -0.25) is 19.2 Å². The van der Waals surface area contributed by atoms with Gasteiger partial charge in [-0.2, -0.15) is 0 Å². The zero-order valence-electron chi connectivity index (χ0n) is 16.6. The first-order valence-electron chi connectivity index (χ1n) is 9.43. The van der Waals surface area contributed by atoms with Crippen molar-refractivity contribution >= 4 is 34.3 Å². The third kappa shape index (κ3) is 5.16. The summed E-state index contributed by atoms with van der Waals surface area (Å²) < 4.78 is 5.16. The standard InChI is InChI=1S/C22H21N3O5/c1-13(26)15-6-5-7-16(12-15)23-21(28)14(2)30-20(27)11-10-19-24-18-9-4-3-8-17(18)22(29)25-19/h3-9,12,14H,10-11H2,1-2H3,(H,23,28)(H,24,25,29)/t14-/m1/s1. The lowest BCUT2D eigenvalue weighted by Gasteiger charge is -2.14. The summed E-state index contributed by atoms with van der Waals surface area (Å²) in [6.07, 6.45) is -0.894. The molecule has 0 saturated heterocycles. The van der Waals surface area contributed by atoms with Gasteiger partial charge in [0.25, 0.3) is 11.5 Å². The summed E-state index contributed by atoms with van der Waals surface area (Å²) in [7, 11) is 0. The molecule has 3 aromatic rings. The molecular formula is C22H21N3O5. The molecule has 1 atom stereocenters. The average molecular weight is 407 g/mol. The summed E-state index contributed by atoms with van der Waals surface area (Å²) in [6.45, 7) is 2.89. The van der Waals surface area contributed by atoms with E-state index in [1.807, 2.05) is 0 Å². The van der Waals surface area contributed by atoms with Crippen molar-refractivity contribution in [3.63, 3.8) is 0 Å². The van der Waals surface area contributed by atoms with Gasteiger partial charge in [0.15, 0.2) is 11.9 Å². The number of ketones is 1. The van der Waals surface area contributed by atoms with Crippen LogP contribution in [-0.4, -0.2) is 33.7 Å². The molecule has 0 saturated carbocycles. The molecule has 1 heterocycles. The van der Waals surface area contributed by atoms with Crippen molar-refractivity contribution in [2.45, 2.75) is 32.8 Å². The fourth-order valence-electron chi connectivity index (χ4n) is 2.84. The molecule has 2 N–H and O–H groups in total. The van der Waals surface area contributed by atoms with E-state index in [1.54, 1.807) is 48.5 Å². The van der Waals surface area contributed by atoms with Gasteiger partial charge >= 0.3 is 5.97 Å². The number of hydrogen-bond acceptors (Lipinski definition) is 6. The van der Waals surface area contributed by atoms with E-state index in [9.17, 15) is 19.2 Å². The van der Waals surface area contributed by atoms with Crippen molar-refractivity contribution in [3.05, 3.63) is 70.3 Å². The van der Waals surface area contributed by atoms with Crippen LogP contribution >= 0.6 is 0 Å². The SMILES string of the molecule is CC(=O)c1cccc(NC(=O)[C@@H](C)OC(=O)CCc2nc3ccccc3c(=O)[nH]2)c1. The number of anilines is 1. The molecule has 2 aromatic carbocycles. The molecule has 0 spiro atoms. The number of fused-ring (bicyclic) bond motifs is 1. The fourth-order valence-corrected chi connectivity index (χ4v) is 2.84. The third-order valence-corrected chi connectivity index (χ3v) is 4.44. The topological polar surface area (TPSA) is 118 Å². The Morgan fingerprint density at radius 2 is 1.90 bits per heavy atom. The quantitative estimate of drug-likeness (QED) is 0.459. The predicted molar refractivity (Wildman–Crippen MR) is 111 cm³/mol. The van der Waals surface area contributed by atoms with E-state index in [1.165, 1.54) is 13.8 Å². The molecule has 0 aliphatic heterocycles. The van der Waals surface area contributed by atoms with Gasteiger partial charge in [-0.15, -0.1) is 0 Å². The summed E-state index contributed by atoms with van der Waals surface area (Å²) in [5.41, 5.74) is 1.18. The maximum absolute atomic E-state index is 12.3. The van der Waals surface area contributed by atoms with Crippen LogP contribution < -0.4 is 10.9 Å². The Morgan fingerprint density at radius 1 is 1.13 bits per heavy atom. The second-order valence-electron chi connectivity index (χ2n) is 6.79. The molecule has 0 aliphatic rings. The number of rotatable bonds is 7. The lowest BCUT2D eigenvalue weighted by molar-refractivity contribution is -0.153. The molecule has 0 aliphatic carbocycles. The maximum Gasteiger partial charge on any atom is 0.307 e. The molecule has 30 heavy (non-hydrogen) atoms. The molecule has 8 heteroatoms. The van der Waals surface area contributed by atoms with Crippen LogP contribution in [0.15, 0.2) is 53.3 Å². The van der Waals surface area contributed by atoms with Gasteiger partial charge in [0.2, 0.25) is 0 Å². The number of amides is 1. The van der Waals surface area contributed by atoms with Gasteiger partial charge in [0.1, 0.15) is 5.82 Å². The van der Waals surface area contributed by atoms with Crippen molar-refractivity contribution in [2.24, 2.45) is 0 Å². The van der Waals surface area contributed by atoms with Crippen LogP contribution in [0.3, 0.4) is 0 Å². The fraction of sp³-hybridized carbons (Fsp3) is 0.227. The van der Waals surface area contributed by atoms with Crippen molar-refractivity contribution in [1.82, 2.24) is 9.97 Å². The number of nitrogens with one attached hydrogen (secondary N) is 2. The van der Waals surface area contributed by atoms with Crippen molar-refractivity contribution in [3.8, 4) is 0 Å². The van der Waals surface area contributed by atoms with Crippen molar-refractivity contribution < 1.29 is 19.1 Å². The summed E-state index contributed by atoms with van der Waals surface area (Å²) >= 11 is 0. The van der Waals surface area contributed by atoms with Gasteiger partial charge in [0, 0.05) is 17.7 Å². The summed E-state index contributed by atoms with van der Waals surface area (Å²) in [6, 6.07) is 13.4. The number of H-pyrrole nitrogens is 1. The lowest BCUT2D eigenvalue weighted by atomic mass is 10.1. The number of Topliss-reactive ketones (excluding diaryl/α,β-unsaturated/α-hetero) is 1. The number of ether oxygens (including phenoxy) is 1. The zero-order chi connectivity index (χ0) is 21.7. The second-order valence-corrected chi connectivity index (χ2v) is 6.79. The Bertz CT molecular complexity index is 1170. The third-order valence-electron chi connectivity index (χ3n) is 4.44. The highest BCUT2D eigenvalue weighted by Gasteiger charge is 2.18. The minimum Gasteiger partial charge on any atom is -0.453 e. The molecule has 0 fully saturated rings. The largest absolute Gasteiger partial charge is 0.453 e. The molecule has 154 valence electrons. The van der Waals surface area contributed by atoms with E-state index >= 15 is 0 Å². The van der Waals surface area contributed by atoms with Gasteiger partial charge in [-0.1, -0.05) is 24.3 Å². The molecule has 1 amide bonds. The monoisotopic (exact) mass is 407 g/mol. The van der Waals surface area contributed by atoms with E-state index in [0.717, 1.165) is 0 Å². The summed E-state index contributed by atoms with van der Waals surface area (Å²) in [5, 5.41) is 3.09. The lowest BCUT2D eigenvalue weighted by Crippen LogP contribution is -2.30. The Hall–Kier alpha value is -3.81. The van der Waals surface area contributed by atoms with Crippen LogP contribution in [-0.2, 0) is 20.7 Å². The van der Waals surface area contributed by atoms with Crippen molar-refractivity contribution in [2.75, 3.05) is 5.32 Å². The van der Waals surface area contributed by atoms with Gasteiger partial charge in [-0.05, 0) is 38.1 Å². The Kier molecular flexibility index (Phi) is 6.36. The van der Waals surface area contributed by atoms with Crippen molar-refractivity contribution in [1.29, 1.82) is 0 Å². The number of carbonyl (C=O) groups excluding carboxylic acids is 3. The highest BCUT2D eigenvalue weighted by molar-refractivity contribution is 5.98. The molecule has 1 aromatic heterocycles. The first-order valence-corrected chi connectivity index (χ1v) is 9.43. The van der Waals surface area contributed by atoms with Crippen LogP contribution in [0.1, 0.15) is 36.5 Å². The first-order chi connectivity index (χ1) is 14.3. The number of aromatic amines is 1. The average Bonchev–Trinajstić information content (AvgIpc) is 2.72. The number of para-hydroxylation sites is 1. The van der Waals surface area contributed by atoms with Gasteiger partial charge in [0.05, 0.1) is 17.3 Å². The number of nitrogens with zero attached hydrogens (tertiary/aromatic N) is 1. The van der Waals surface area contributed by atoms with Crippen LogP contribution in [0.25, 0.3) is 10.9 Å². The molecule has 0 unspecified atom stereocenters. The molecular weight excluding hydrogens is 386 g/mol. The van der Waals surface area contributed by atoms with Crippen LogP contribution in [0.5, 0.6) is 0 Å². The maximum atomic E-state index is 12.3. The Balaban J connectivity index is 1.55. The summed E-state index contributed by atoms with van der Waals surface area (Å²) in [4.78, 5) is 54.8. The van der Waals surface area contributed by atoms with E-state index in [2.05, 4.69) is 15.3 Å². The molecule has 0 bridgehead atoms.